The van der Waals surface area contributed by atoms with Crippen molar-refractivity contribution in [3.63, 3.8) is 0 Å². The predicted molar refractivity (Wildman–Crippen MR) is 150 cm³/mol. The van der Waals surface area contributed by atoms with E-state index in [1.807, 2.05) is 6.92 Å². The van der Waals surface area contributed by atoms with Crippen molar-refractivity contribution in [3.8, 4) is 0 Å². The third kappa shape index (κ3) is 9.28. The van der Waals surface area contributed by atoms with Gasteiger partial charge >= 0.3 is 12.1 Å². The molecule has 3 rings (SSSR count). The van der Waals surface area contributed by atoms with Crippen LogP contribution < -0.4 is 20.9 Å². The van der Waals surface area contributed by atoms with Gasteiger partial charge in [0, 0.05) is 51.2 Å². The highest BCUT2D eigenvalue weighted by Gasteiger charge is 2.28. The van der Waals surface area contributed by atoms with Crippen molar-refractivity contribution in [3.05, 3.63) is 53.9 Å². The van der Waals surface area contributed by atoms with Crippen molar-refractivity contribution in [2.24, 2.45) is 0 Å². The SMILES string of the molecule is CCCOC(=O)NC[C@@H](CNc1cc(F)c(N2CCN(C(=O)[C@H](C)NC(=O)c3cccnc3)CC2)c(F)c1)OC(C)=O. The molecule has 1 fully saturated rings. The van der Waals surface area contributed by atoms with Gasteiger partial charge in [0.25, 0.3) is 5.91 Å². The number of esters is 1. The van der Waals surface area contributed by atoms with Gasteiger partial charge in [0.05, 0.1) is 25.3 Å². The summed E-state index contributed by atoms with van der Waals surface area (Å²) >= 11 is 0. The highest BCUT2D eigenvalue weighted by atomic mass is 19.1. The predicted octanol–water partition coefficient (Wildman–Crippen LogP) is 2.31. The Bertz CT molecular complexity index is 1220. The van der Waals surface area contributed by atoms with E-state index in [0.29, 0.717) is 12.0 Å². The molecule has 2 heterocycles. The van der Waals surface area contributed by atoms with Crippen molar-refractivity contribution < 1.29 is 37.4 Å². The number of pyridine rings is 1. The first kappa shape index (κ1) is 32.0. The maximum absolute atomic E-state index is 15.1. The van der Waals surface area contributed by atoms with Gasteiger partial charge in [0.1, 0.15) is 17.8 Å². The van der Waals surface area contributed by atoms with Crippen molar-refractivity contribution in [2.75, 3.05) is 56.1 Å². The molecule has 1 aromatic heterocycles. The zero-order valence-corrected chi connectivity index (χ0v) is 23.8. The van der Waals surface area contributed by atoms with Crippen molar-refractivity contribution in [2.45, 2.75) is 39.3 Å². The third-order valence-corrected chi connectivity index (χ3v) is 6.34. The molecule has 1 aromatic carbocycles. The van der Waals surface area contributed by atoms with Crippen LogP contribution in [0.4, 0.5) is 25.0 Å². The van der Waals surface area contributed by atoms with E-state index in [1.165, 1.54) is 29.1 Å². The number of rotatable bonds is 12. The minimum Gasteiger partial charge on any atom is -0.459 e. The van der Waals surface area contributed by atoms with Crippen molar-refractivity contribution in [1.29, 1.82) is 0 Å². The normalized spacial score (nSPS) is 14.4. The fraction of sp³-hybridized carbons (Fsp3) is 0.464. The molecular weight excluding hydrogens is 554 g/mol. The second kappa shape index (κ2) is 15.5. The number of benzene rings is 1. The molecule has 228 valence electrons. The molecule has 3 amide bonds. The van der Waals surface area contributed by atoms with Gasteiger partial charge in [-0.25, -0.2) is 13.6 Å². The van der Waals surface area contributed by atoms with Gasteiger partial charge in [-0.1, -0.05) is 6.92 Å². The average Bonchev–Trinajstić information content (AvgIpc) is 2.97. The molecule has 1 aliphatic rings. The van der Waals surface area contributed by atoms with Gasteiger partial charge in [-0.15, -0.1) is 0 Å². The number of nitrogens with zero attached hydrogens (tertiary/aromatic N) is 3. The summed E-state index contributed by atoms with van der Waals surface area (Å²) in [7, 11) is 0. The maximum atomic E-state index is 15.1. The summed E-state index contributed by atoms with van der Waals surface area (Å²) in [6.45, 7) is 5.58. The van der Waals surface area contributed by atoms with Crippen LogP contribution in [0.1, 0.15) is 37.6 Å². The van der Waals surface area contributed by atoms with Gasteiger partial charge in [-0.05, 0) is 37.6 Å². The van der Waals surface area contributed by atoms with E-state index in [0.717, 1.165) is 12.1 Å². The molecule has 14 heteroatoms. The van der Waals surface area contributed by atoms with E-state index in [2.05, 4.69) is 20.9 Å². The second-order valence-electron chi connectivity index (χ2n) is 9.67. The van der Waals surface area contributed by atoms with E-state index in [1.54, 1.807) is 19.1 Å². The van der Waals surface area contributed by atoms with Crippen LogP contribution in [0.3, 0.4) is 0 Å². The standard InChI is InChI=1S/C28H36F2N6O6/c1-4-12-41-28(40)33-17-22(42-19(3)37)16-32-21-13-23(29)25(24(30)14-21)35-8-10-36(11-9-35)27(39)18(2)34-26(38)20-6-5-7-31-15-20/h5-7,13-15,18,22,32H,4,8-12,16-17H2,1-3H3,(H,33,40)(H,34,38)/t18-,22+/m0/s1. The van der Waals surface area contributed by atoms with Gasteiger partial charge in [-0.3, -0.25) is 19.4 Å². The summed E-state index contributed by atoms with van der Waals surface area (Å²) in [5.41, 5.74) is 0.227. The Kier molecular flexibility index (Phi) is 11.8. The van der Waals surface area contributed by atoms with Gasteiger partial charge < -0.3 is 35.2 Å². The molecule has 0 unspecified atom stereocenters. The van der Waals surface area contributed by atoms with Crippen LogP contribution in [-0.4, -0.2) is 91.8 Å². The Morgan fingerprint density at radius 1 is 1.07 bits per heavy atom. The van der Waals surface area contributed by atoms with Crippen LogP contribution in [0.5, 0.6) is 0 Å². The van der Waals surface area contributed by atoms with Gasteiger partial charge in [0.2, 0.25) is 5.91 Å². The number of carbonyl (C=O) groups is 4. The van der Waals surface area contributed by atoms with Crippen LogP contribution >= 0.6 is 0 Å². The Hall–Kier alpha value is -4.49. The Morgan fingerprint density at radius 2 is 1.76 bits per heavy atom. The van der Waals surface area contributed by atoms with E-state index in [9.17, 15) is 19.2 Å². The number of piperazine rings is 1. The maximum Gasteiger partial charge on any atom is 0.407 e. The van der Waals surface area contributed by atoms with E-state index in [4.69, 9.17) is 9.47 Å². The molecule has 0 aliphatic carbocycles. The summed E-state index contributed by atoms with van der Waals surface area (Å²) in [5.74, 6) is -2.92. The lowest BCUT2D eigenvalue weighted by atomic mass is 10.1. The number of anilines is 2. The number of nitrogens with one attached hydrogen (secondary N) is 3. The molecule has 0 saturated carbocycles. The summed E-state index contributed by atoms with van der Waals surface area (Å²) in [4.78, 5) is 55.3. The van der Waals surface area contributed by atoms with Crippen LogP contribution in [0.15, 0.2) is 36.7 Å². The molecule has 1 aliphatic heterocycles. The molecule has 2 aromatic rings. The number of halogens is 2. The number of hydrogen-bond donors (Lipinski definition) is 3. The molecular formula is C28H36F2N6O6. The third-order valence-electron chi connectivity index (χ3n) is 6.34. The summed E-state index contributed by atoms with van der Waals surface area (Å²) < 4.78 is 40.2. The number of carbonyl (C=O) groups excluding carboxylic acids is 4. The monoisotopic (exact) mass is 590 g/mol. The smallest absolute Gasteiger partial charge is 0.407 e. The largest absolute Gasteiger partial charge is 0.459 e. The Balaban J connectivity index is 1.54. The first-order valence-electron chi connectivity index (χ1n) is 13.6. The highest BCUT2D eigenvalue weighted by Crippen LogP contribution is 2.28. The molecule has 0 spiro atoms. The van der Waals surface area contributed by atoms with Crippen LogP contribution in [0, 0.1) is 11.6 Å². The first-order chi connectivity index (χ1) is 20.1. The molecule has 1 saturated heterocycles. The lowest BCUT2D eigenvalue weighted by Crippen LogP contribution is -2.54. The number of alkyl carbamates (subject to hydrolysis) is 1. The Labute approximate surface area is 242 Å². The topological polar surface area (TPSA) is 142 Å². The molecule has 42 heavy (non-hydrogen) atoms. The molecule has 3 N–H and O–H groups in total. The lowest BCUT2D eigenvalue weighted by Gasteiger charge is -2.37. The lowest BCUT2D eigenvalue weighted by molar-refractivity contribution is -0.145. The summed E-state index contributed by atoms with van der Waals surface area (Å²) in [6.07, 6.45) is 2.11. The van der Waals surface area contributed by atoms with Gasteiger partial charge in [0.15, 0.2) is 11.6 Å². The van der Waals surface area contributed by atoms with Crippen LogP contribution in [0.2, 0.25) is 0 Å². The van der Waals surface area contributed by atoms with Crippen LogP contribution in [0.25, 0.3) is 0 Å². The van der Waals surface area contributed by atoms with Crippen molar-refractivity contribution >= 4 is 35.3 Å². The van der Waals surface area contributed by atoms with Crippen LogP contribution in [-0.2, 0) is 19.1 Å². The van der Waals surface area contributed by atoms with E-state index >= 15 is 8.78 Å². The summed E-state index contributed by atoms with van der Waals surface area (Å²) in [6, 6.07) is 4.66. The summed E-state index contributed by atoms with van der Waals surface area (Å²) in [5, 5.41) is 7.96. The average molecular weight is 591 g/mol. The fourth-order valence-electron chi connectivity index (χ4n) is 4.30. The molecule has 2 atom stereocenters. The highest BCUT2D eigenvalue weighted by molar-refractivity contribution is 5.97. The van der Waals surface area contributed by atoms with Gasteiger partial charge in [-0.2, -0.15) is 0 Å². The molecule has 0 bridgehead atoms. The zero-order chi connectivity index (χ0) is 30.6. The first-order valence-corrected chi connectivity index (χ1v) is 13.6. The number of aromatic nitrogens is 1. The Morgan fingerprint density at radius 3 is 2.36 bits per heavy atom. The second-order valence-corrected chi connectivity index (χ2v) is 9.67. The quantitative estimate of drug-likeness (QED) is 0.318. The van der Waals surface area contributed by atoms with E-state index in [-0.39, 0.29) is 63.2 Å². The van der Waals surface area contributed by atoms with E-state index < -0.39 is 41.7 Å². The molecule has 12 nitrogen and oxygen atoms in total. The number of amides is 3. The number of hydrogen-bond acceptors (Lipinski definition) is 9. The number of ether oxygens (including phenoxy) is 2. The minimum absolute atomic E-state index is 0.0256. The van der Waals surface area contributed by atoms with Crippen molar-refractivity contribution in [1.82, 2.24) is 20.5 Å². The minimum atomic E-state index is -0.815. The zero-order valence-electron chi connectivity index (χ0n) is 23.8. The fourth-order valence-corrected chi connectivity index (χ4v) is 4.30. The molecule has 0 radical (unpaired) electrons.